The van der Waals surface area contributed by atoms with Gasteiger partial charge in [-0.05, 0) is 43.2 Å². The lowest BCUT2D eigenvalue weighted by Gasteiger charge is -2.30. The van der Waals surface area contributed by atoms with Gasteiger partial charge in [0.2, 0.25) is 15.9 Å². The van der Waals surface area contributed by atoms with Crippen molar-refractivity contribution in [3.05, 3.63) is 36.7 Å². The number of nitrogens with one attached hydrogen (secondary N) is 1. The zero-order chi connectivity index (χ0) is 20.9. The van der Waals surface area contributed by atoms with Crippen molar-refractivity contribution in [2.24, 2.45) is 13.0 Å². The van der Waals surface area contributed by atoms with E-state index in [0.717, 1.165) is 22.2 Å². The summed E-state index contributed by atoms with van der Waals surface area (Å²) in [7, 11) is -1.27. The molecule has 1 fully saturated rings. The van der Waals surface area contributed by atoms with Crippen LogP contribution in [0.3, 0.4) is 0 Å². The number of rotatable bonds is 8. The summed E-state index contributed by atoms with van der Waals surface area (Å²) in [5.41, 5.74) is 0.753. The Morgan fingerprint density at radius 1 is 1.28 bits per heavy atom. The summed E-state index contributed by atoms with van der Waals surface area (Å²) in [5.74, 6) is -0.0413. The van der Waals surface area contributed by atoms with Crippen LogP contribution in [0.2, 0.25) is 0 Å². The number of unbranched alkanes of at least 4 members (excludes halogenated alkanes) is 1. The molecule has 9 heteroatoms. The molecule has 1 aliphatic rings. The Morgan fingerprint density at radius 3 is 2.66 bits per heavy atom. The average molecular weight is 437 g/mol. The molecule has 0 aliphatic carbocycles. The summed E-state index contributed by atoms with van der Waals surface area (Å²) >= 11 is 1.50. The van der Waals surface area contributed by atoms with Crippen LogP contribution in [0.5, 0.6) is 0 Å². The maximum absolute atomic E-state index is 12.8. The van der Waals surface area contributed by atoms with Gasteiger partial charge in [0.25, 0.3) is 0 Å². The number of amides is 1. The first kappa shape index (κ1) is 21.9. The van der Waals surface area contributed by atoms with Gasteiger partial charge in [-0.15, -0.1) is 0 Å². The topological polar surface area (TPSA) is 84.3 Å². The van der Waals surface area contributed by atoms with E-state index in [4.69, 9.17) is 0 Å². The van der Waals surface area contributed by atoms with E-state index in [2.05, 4.69) is 10.3 Å². The van der Waals surface area contributed by atoms with Crippen LogP contribution >= 0.6 is 11.8 Å². The van der Waals surface area contributed by atoms with Gasteiger partial charge < -0.3 is 9.88 Å². The fourth-order valence-corrected chi connectivity index (χ4v) is 5.86. The molecule has 1 amide bonds. The third-order valence-corrected chi connectivity index (χ3v) is 8.21. The highest BCUT2D eigenvalue weighted by Gasteiger charge is 2.31. The van der Waals surface area contributed by atoms with E-state index in [1.165, 1.54) is 16.1 Å². The van der Waals surface area contributed by atoms with Gasteiger partial charge >= 0.3 is 0 Å². The van der Waals surface area contributed by atoms with Gasteiger partial charge in [0.05, 0.1) is 11.4 Å². The normalized spacial score (nSPS) is 16.1. The maximum atomic E-state index is 12.8. The smallest absolute Gasteiger partial charge is 0.227 e. The molecule has 2 heterocycles. The van der Waals surface area contributed by atoms with E-state index in [1.54, 1.807) is 6.20 Å². The molecule has 0 bridgehead atoms. The second-order valence-corrected chi connectivity index (χ2v) is 10.3. The lowest BCUT2D eigenvalue weighted by atomic mass is 9.97. The van der Waals surface area contributed by atoms with Crippen LogP contribution in [0.15, 0.2) is 46.7 Å². The molecule has 1 aromatic heterocycles. The minimum atomic E-state index is -3.20. The molecule has 1 saturated heterocycles. The molecule has 0 spiro atoms. The molecule has 1 N–H and O–H groups in total. The van der Waals surface area contributed by atoms with E-state index in [-0.39, 0.29) is 17.6 Å². The maximum Gasteiger partial charge on any atom is 0.227 e. The number of para-hydroxylation sites is 1. The van der Waals surface area contributed by atoms with Crippen molar-refractivity contribution in [3.63, 3.8) is 0 Å². The van der Waals surface area contributed by atoms with Gasteiger partial charge in [-0.1, -0.05) is 25.5 Å². The first-order valence-electron chi connectivity index (χ1n) is 9.93. The number of hydrogen-bond donors (Lipinski definition) is 1. The predicted octanol–water partition coefficient (Wildman–Crippen LogP) is 3.35. The third-order valence-electron chi connectivity index (χ3n) is 5.10. The summed E-state index contributed by atoms with van der Waals surface area (Å²) < 4.78 is 28.2. The highest BCUT2D eigenvalue weighted by Crippen LogP contribution is 2.33. The monoisotopic (exact) mass is 436 g/mol. The second kappa shape index (κ2) is 9.77. The molecule has 1 aliphatic heterocycles. The Hall–Kier alpha value is -1.84. The Labute approximate surface area is 176 Å². The molecule has 7 nitrogen and oxygen atoms in total. The summed E-state index contributed by atoms with van der Waals surface area (Å²) in [6.07, 6.45) is 6.25. The summed E-state index contributed by atoms with van der Waals surface area (Å²) in [5, 5.41) is 3.88. The molecule has 29 heavy (non-hydrogen) atoms. The van der Waals surface area contributed by atoms with Gasteiger partial charge in [-0.25, -0.2) is 17.7 Å². The standard InChI is InChI=1S/C20H28N4O3S2/c1-3-4-15-29(26,27)24-12-9-16(10-13-24)19(25)22-17-7-5-6-8-18(17)28-20-21-11-14-23(20)2/h5-8,11,14,16H,3-4,9-10,12-13,15H2,1-2H3,(H,22,25). The van der Waals surface area contributed by atoms with Gasteiger partial charge in [0.15, 0.2) is 5.16 Å². The van der Waals surface area contributed by atoms with Crippen LogP contribution < -0.4 is 5.32 Å². The summed E-state index contributed by atoms with van der Waals surface area (Å²) in [4.78, 5) is 18.1. The molecule has 2 aromatic rings. The van der Waals surface area contributed by atoms with Crippen molar-refractivity contribution in [1.82, 2.24) is 13.9 Å². The number of sulfonamides is 1. The number of anilines is 1. The molecule has 1 aromatic carbocycles. The van der Waals surface area contributed by atoms with Crippen molar-refractivity contribution in [2.45, 2.75) is 42.7 Å². The van der Waals surface area contributed by atoms with Crippen LogP contribution in [0.4, 0.5) is 5.69 Å². The van der Waals surface area contributed by atoms with E-state index in [0.29, 0.717) is 32.4 Å². The number of aromatic nitrogens is 2. The van der Waals surface area contributed by atoms with Crippen molar-refractivity contribution >= 4 is 33.4 Å². The molecule has 3 rings (SSSR count). The lowest BCUT2D eigenvalue weighted by molar-refractivity contribution is -0.120. The summed E-state index contributed by atoms with van der Waals surface area (Å²) in [6.45, 7) is 2.80. The lowest BCUT2D eigenvalue weighted by Crippen LogP contribution is -2.42. The number of carbonyl (C=O) groups excluding carboxylic acids is 1. The molecule has 0 unspecified atom stereocenters. The SMILES string of the molecule is CCCCS(=O)(=O)N1CCC(C(=O)Nc2ccccc2Sc2nccn2C)CC1. The first-order chi connectivity index (χ1) is 13.9. The van der Waals surface area contributed by atoms with Crippen molar-refractivity contribution in [2.75, 3.05) is 24.2 Å². The second-order valence-electron chi connectivity index (χ2n) is 7.25. The summed E-state index contributed by atoms with van der Waals surface area (Å²) in [6, 6.07) is 7.66. The largest absolute Gasteiger partial charge is 0.329 e. The zero-order valence-corrected chi connectivity index (χ0v) is 18.5. The molecule has 0 atom stereocenters. The third kappa shape index (κ3) is 5.61. The fourth-order valence-electron chi connectivity index (χ4n) is 3.29. The number of hydrogen-bond acceptors (Lipinski definition) is 5. The van der Waals surface area contributed by atoms with Crippen LogP contribution in [0, 0.1) is 5.92 Å². The van der Waals surface area contributed by atoms with Gasteiger partial charge in [0, 0.05) is 43.3 Å². The van der Waals surface area contributed by atoms with E-state index < -0.39 is 10.0 Å². The Balaban J connectivity index is 1.60. The first-order valence-corrected chi connectivity index (χ1v) is 12.4. The Bertz CT molecular complexity index is 935. The minimum Gasteiger partial charge on any atom is -0.329 e. The number of piperidine rings is 1. The van der Waals surface area contributed by atoms with Crippen LogP contribution in [0.1, 0.15) is 32.6 Å². The molecule has 158 valence electrons. The number of benzene rings is 1. The van der Waals surface area contributed by atoms with E-state index >= 15 is 0 Å². The minimum absolute atomic E-state index is 0.0523. The van der Waals surface area contributed by atoms with Crippen molar-refractivity contribution in [3.8, 4) is 0 Å². The Morgan fingerprint density at radius 2 is 2.00 bits per heavy atom. The fraction of sp³-hybridized carbons (Fsp3) is 0.500. The highest BCUT2D eigenvalue weighted by molar-refractivity contribution is 7.99. The van der Waals surface area contributed by atoms with Crippen molar-refractivity contribution in [1.29, 1.82) is 0 Å². The predicted molar refractivity (Wildman–Crippen MR) is 115 cm³/mol. The quantitative estimate of drug-likeness (QED) is 0.686. The van der Waals surface area contributed by atoms with Gasteiger partial charge in [0.1, 0.15) is 0 Å². The molecular weight excluding hydrogens is 408 g/mol. The average Bonchev–Trinajstić information content (AvgIpc) is 3.12. The Kier molecular flexibility index (Phi) is 7.37. The molecular formula is C20H28N4O3S2. The van der Waals surface area contributed by atoms with E-state index in [9.17, 15) is 13.2 Å². The van der Waals surface area contributed by atoms with Gasteiger partial charge in [-0.2, -0.15) is 0 Å². The van der Waals surface area contributed by atoms with Crippen LogP contribution in [-0.4, -0.2) is 47.0 Å². The van der Waals surface area contributed by atoms with Gasteiger partial charge in [-0.3, -0.25) is 4.79 Å². The molecule has 0 radical (unpaired) electrons. The van der Waals surface area contributed by atoms with E-state index in [1.807, 2.05) is 49.0 Å². The highest BCUT2D eigenvalue weighted by atomic mass is 32.2. The number of nitrogens with zero attached hydrogens (tertiary/aromatic N) is 3. The number of imidazole rings is 1. The number of carbonyl (C=O) groups is 1. The van der Waals surface area contributed by atoms with Crippen LogP contribution in [-0.2, 0) is 21.9 Å². The van der Waals surface area contributed by atoms with Crippen molar-refractivity contribution < 1.29 is 13.2 Å². The van der Waals surface area contributed by atoms with Crippen LogP contribution in [0.25, 0.3) is 0 Å². The molecule has 0 saturated carbocycles. The number of aryl methyl sites for hydroxylation is 1. The zero-order valence-electron chi connectivity index (χ0n) is 16.9.